The molecule has 0 bridgehead atoms. The van der Waals surface area contributed by atoms with E-state index in [0.717, 1.165) is 28.7 Å². The Morgan fingerprint density at radius 3 is 1.10 bits per heavy atom. The zero-order valence-corrected chi connectivity index (χ0v) is 29.1. The van der Waals surface area contributed by atoms with E-state index in [1.54, 1.807) is 0 Å². The van der Waals surface area contributed by atoms with Crippen molar-refractivity contribution in [3.8, 4) is 11.5 Å². The Labute approximate surface area is 254 Å². The van der Waals surface area contributed by atoms with E-state index in [1.165, 1.54) is 56.1 Å². The molecule has 2 aromatic rings. The van der Waals surface area contributed by atoms with Gasteiger partial charge in [-0.2, -0.15) is 0 Å². The minimum atomic E-state index is -0.151. The number of allylic oxidation sites excluding steroid dienone is 1. The van der Waals surface area contributed by atoms with Crippen molar-refractivity contribution in [2.75, 3.05) is 0 Å². The number of rotatable bonds is 9. The van der Waals surface area contributed by atoms with Crippen molar-refractivity contribution in [1.29, 1.82) is 0 Å². The number of unbranched alkanes of at least 4 members (excludes halogenated alkanes) is 6. The van der Waals surface area contributed by atoms with Gasteiger partial charge < -0.3 is 10.2 Å². The topological polar surface area (TPSA) is 40.5 Å². The van der Waals surface area contributed by atoms with Crippen LogP contribution in [-0.4, -0.2) is 10.2 Å². The molecule has 2 N–H and O–H groups in total. The molecule has 2 rings (SSSR count). The molecule has 0 heterocycles. The fourth-order valence-corrected chi connectivity index (χ4v) is 5.18. The second kappa shape index (κ2) is 14.8. The molecule has 0 atom stereocenters. The molecule has 0 radical (unpaired) electrons. The molecule has 0 aromatic heterocycles. The highest BCUT2D eigenvalue weighted by molar-refractivity contribution is 5.53. The molecule has 0 aliphatic rings. The Morgan fingerprint density at radius 1 is 0.537 bits per heavy atom. The van der Waals surface area contributed by atoms with E-state index >= 15 is 0 Å². The number of phenols is 2. The van der Waals surface area contributed by atoms with E-state index in [1.807, 2.05) is 6.08 Å². The Bertz CT molecular complexity index is 959. The summed E-state index contributed by atoms with van der Waals surface area (Å²) in [5.41, 5.74) is 5.73. The van der Waals surface area contributed by atoms with Crippen LogP contribution in [0.15, 0.2) is 36.9 Å². The smallest absolute Gasteiger partial charge is 0.123 e. The Kier molecular flexibility index (Phi) is 13.3. The second-order valence-corrected chi connectivity index (χ2v) is 16.1. The summed E-state index contributed by atoms with van der Waals surface area (Å²) in [6.45, 7) is 31.7. The normalized spacial score (nSPS) is 12.6. The summed E-state index contributed by atoms with van der Waals surface area (Å²) in [6.07, 6.45) is 12.3. The average Bonchev–Trinajstić information content (AvgIpc) is 2.81. The third-order valence-corrected chi connectivity index (χ3v) is 7.74. The molecule has 0 saturated heterocycles. The van der Waals surface area contributed by atoms with Gasteiger partial charge in [0.25, 0.3) is 0 Å². The number of phenolic OH excluding ortho intramolecular Hbond substituents is 2. The third kappa shape index (κ3) is 11.5. The van der Waals surface area contributed by atoms with Crippen molar-refractivity contribution in [1.82, 2.24) is 0 Å². The van der Waals surface area contributed by atoms with E-state index in [4.69, 9.17) is 0 Å². The van der Waals surface area contributed by atoms with Crippen molar-refractivity contribution < 1.29 is 10.2 Å². The fourth-order valence-electron chi connectivity index (χ4n) is 5.18. The predicted octanol–water partition coefficient (Wildman–Crippen LogP) is 11.8. The average molecular weight is 565 g/mol. The summed E-state index contributed by atoms with van der Waals surface area (Å²) in [6, 6.07) is 8.63. The molecule has 2 aromatic carbocycles. The predicted molar refractivity (Wildman–Crippen MR) is 182 cm³/mol. The molecule has 0 aliphatic heterocycles. The van der Waals surface area contributed by atoms with Crippen LogP contribution in [0.3, 0.4) is 0 Å². The van der Waals surface area contributed by atoms with Crippen LogP contribution in [0.2, 0.25) is 0 Å². The monoisotopic (exact) mass is 564 g/mol. The first-order valence-corrected chi connectivity index (χ1v) is 16.0. The van der Waals surface area contributed by atoms with Crippen molar-refractivity contribution in [3.63, 3.8) is 0 Å². The standard InChI is InChI=1S/C29H44O2.C10H20/c1-26(2,3)20-14-18(15-21(24(20)30)27(4,5)6)13-19-16-22(28(7,8)9)25(31)23(17-19)29(10,11)12;1-3-5-7-9-10-8-6-4-2/h14-17,30-31H,13H2,1-12H3;3H,1,4-10H2,2H3. The minimum Gasteiger partial charge on any atom is -0.507 e. The van der Waals surface area contributed by atoms with Crippen LogP contribution < -0.4 is 0 Å². The zero-order valence-electron chi connectivity index (χ0n) is 29.1. The van der Waals surface area contributed by atoms with Crippen LogP contribution in [0.1, 0.15) is 168 Å². The third-order valence-electron chi connectivity index (χ3n) is 7.74. The first-order valence-electron chi connectivity index (χ1n) is 16.0. The number of hydrogen-bond acceptors (Lipinski definition) is 2. The molecule has 232 valence electrons. The lowest BCUT2D eigenvalue weighted by Crippen LogP contribution is -2.19. The van der Waals surface area contributed by atoms with Crippen molar-refractivity contribution in [2.24, 2.45) is 0 Å². The summed E-state index contributed by atoms with van der Waals surface area (Å²) < 4.78 is 0. The van der Waals surface area contributed by atoms with Gasteiger partial charge in [0.2, 0.25) is 0 Å². The summed E-state index contributed by atoms with van der Waals surface area (Å²) in [7, 11) is 0. The van der Waals surface area contributed by atoms with Gasteiger partial charge in [-0.1, -0.05) is 152 Å². The van der Waals surface area contributed by atoms with Gasteiger partial charge in [0.15, 0.2) is 0 Å². The van der Waals surface area contributed by atoms with E-state index in [-0.39, 0.29) is 21.7 Å². The highest BCUT2D eigenvalue weighted by Gasteiger charge is 2.29. The van der Waals surface area contributed by atoms with Crippen molar-refractivity contribution in [2.45, 2.75) is 163 Å². The maximum atomic E-state index is 11.1. The van der Waals surface area contributed by atoms with Gasteiger partial charge in [0.05, 0.1) is 0 Å². The molecule has 2 heteroatoms. The zero-order chi connectivity index (χ0) is 31.8. The van der Waals surface area contributed by atoms with Gasteiger partial charge in [0.1, 0.15) is 11.5 Å². The molecule has 0 saturated carbocycles. The SMILES string of the molecule is C=CCCCCCCCC.CC(C)(C)c1cc(Cc2cc(C(C)(C)C)c(O)c(C(C)(C)C)c2)cc(C(C)(C)C)c1O. The molecule has 0 amide bonds. The lowest BCUT2D eigenvalue weighted by atomic mass is 9.76. The molecule has 41 heavy (non-hydrogen) atoms. The molecule has 0 aliphatic carbocycles. The summed E-state index contributed by atoms with van der Waals surface area (Å²) in [4.78, 5) is 0. The lowest BCUT2D eigenvalue weighted by molar-refractivity contribution is 0.422. The largest absolute Gasteiger partial charge is 0.507 e. The van der Waals surface area contributed by atoms with Crippen LogP contribution in [-0.2, 0) is 28.1 Å². The van der Waals surface area contributed by atoms with Crippen LogP contribution >= 0.6 is 0 Å². The number of hydrogen-bond donors (Lipinski definition) is 2. The van der Waals surface area contributed by atoms with E-state index in [2.05, 4.69) is 121 Å². The van der Waals surface area contributed by atoms with Crippen LogP contribution in [0.25, 0.3) is 0 Å². The molecule has 0 fully saturated rings. The van der Waals surface area contributed by atoms with Gasteiger partial charge in [0, 0.05) is 0 Å². The van der Waals surface area contributed by atoms with Gasteiger partial charge in [-0.15, -0.1) is 6.58 Å². The van der Waals surface area contributed by atoms with Gasteiger partial charge >= 0.3 is 0 Å². The molecule has 0 unspecified atom stereocenters. The van der Waals surface area contributed by atoms with Crippen LogP contribution in [0.5, 0.6) is 11.5 Å². The minimum absolute atomic E-state index is 0.151. The van der Waals surface area contributed by atoms with E-state index in [9.17, 15) is 10.2 Å². The van der Waals surface area contributed by atoms with Gasteiger partial charge in [-0.25, -0.2) is 0 Å². The van der Waals surface area contributed by atoms with Crippen LogP contribution in [0, 0.1) is 0 Å². The summed E-state index contributed by atoms with van der Waals surface area (Å²) in [5.74, 6) is 0.834. The molecular formula is C39H64O2. The van der Waals surface area contributed by atoms with E-state index < -0.39 is 0 Å². The highest BCUT2D eigenvalue weighted by atomic mass is 16.3. The first-order chi connectivity index (χ1) is 18.6. The van der Waals surface area contributed by atoms with Gasteiger partial charge in [-0.3, -0.25) is 0 Å². The molecular weight excluding hydrogens is 500 g/mol. The molecule has 2 nitrogen and oxygen atoms in total. The maximum Gasteiger partial charge on any atom is 0.123 e. The Balaban J connectivity index is 0.000000716. The van der Waals surface area contributed by atoms with Gasteiger partial charge in [-0.05, 0) is 74.3 Å². The maximum absolute atomic E-state index is 11.1. The van der Waals surface area contributed by atoms with Crippen molar-refractivity contribution >= 4 is 0 Å². The Morgan fingerprint density at radius 2 is 0.829 bits per heavy atom. The number of benzene rings is 2. The highest BCUT2D eigenvalue weighted by Crippen LogP contribution is 2.42. The number of aromatic hydroxyl groups is 2. The van der Waals surface area contributed by atoms with E-state index in [0.29, 0.717) is 11.5 Å². The van der Waals surface area contributed by atoms with Crippen LogP contribution in [0.4, 0.5) is 0 Å². The Hall–Kier alpha value is -2.22. The summed E-state index contributed by atoms with van der Waals surface area (Å²) in [5, 5.41) is 22.1. The second-order valence-electron chi connectivity index (χ2n) is 16.1. The quantitative estimate of drug-likeness (QED) is 0.235. The molecule has 0 spiro atoms. The summed E-state index contributed by atoms with van der Waals surface area (Å²) >= 11 is 0. The lowest BCUT2D eigenvalue weighted by Gasteiger charge is -2.29. The fraction of sp³-hybridized carbons (Fsp3) is 0.641. The van der Waals surface area contributed by atoms with Crippen molar-refractivity contribution in [3.05, 3.63) is 70.3 Å². The first kappa shape index (κ1) is 36.8.